The molecule has 0 atom stereocenters. The molecule has 1 N–H and O–H groups in total. The van der Waals surface area contributed by atoms with Crippen LogP contribution in [0.2, 0.25) is 0 Å². The van der Waals surface area contributed by atoms with Gasteiger partial charge in [0.1, 0.15) is 0 Å². The van der Waals surface area contributed by atoms with Crippen molar-refractivity contribution in [2.75, 3.05) is 38.5 Å². The van der Waals surface area contributed by atoms with Crippen LogP contribution < -0.4 is 5.32 Å². The number of likely N-dealkylation sites (tertiary alicyclic amines) is 1. The van der Waals surface area contributed by atoms with Crippen LogP contribution in [0.1, 0.15) is 58.3 Å². The fourth-order valence-corrected chi connectivity index (χ4v) is 5.73. The first-order valence-corrected chi connectivity index (χ1v) is 12.1. The predicted octanol–water partition coefficient (Wildman–Crippen LogP) is 1.82. The van der Waals surface area contributed by atoms with E-state index in [2.05, 4.69) is 5.32 Å². The van der Waals surface area contributed by atoms with E-state index in [1.165, 1.54) is 12.8 Å². The summed E-state index contributed by atoms with van der Waals surface area (Å²) in [6.07, 6.45) is 7.78. The minimum atomic E-state index is -3.13. The molecule has 0 aromatic heterocycles. The van der Waals surface area contributed by atoms with Crippen molar-refractivity contribution in [3.05, 3.63) is 0 Å². The number of sulfonamides is 1. The normalized spacial score (nSPS) is 24.1. The van der Waals surface area contributed by atoms with E-state index in [4.69, 9.17) is 0 Å². The van der Waals surface area contributed by atoms with Crippen LogP contribution in [0.4, 0.5) is 0 Å². The third-order valence-electron chi connectivity index (χ3n) is 6.15. The molecule has 0 radical (unpaired) electrons. The van der Waals surface area contributed by atoms with Crippen molar-refractivity contribution in [2.24, 2.45) is 11.8 Å². The minimum absolute atomic E-state index is 0.00333. The molecule has 6 nitrogen and oxygen atoms in total. The lowest BCUT2D eigenvalue weighted by atomic mass is 9.95. The van der Waals surface area contributed by atoms with Crippen LogP contribution >= 0.6 is 0 Å². The van der Waals surface area contributed by atoms with Crippen molar-refractivity contribution in [2.45, 2.75) is 64.3 Å². The number of piperidine rings is 2. The SMILES string of the molecule is CCCCS(=O)(=O)N1CCC(C(=O)N2CCC(NCC3CC3)CC2)CC1. The molecule has 0 unspecified atom stereocenters. The Bertz CT molecular complexity index is 561. The molecule has 0 spiro atoms. The Morgan fingerprint density at radius 2 is 1.65 bits per heavy atom. The van der Waals surface area contributed by atoms with E-state index in [-0.39, 0.29) is 17.6 Å². The molecule has 150 valence electrons. The molecule has 1 amide bonds. The molecule has 0 aromatic rings. The van der Waals surface area contributed by atoms with Gasteiger partial charge in [0.2, 0.25) is 15.9 Å². The lowest BCUT2D eigenvalue weighted by Crippen LogP contribution is -2.49. The summed E-state index contributed by atoms with van der Waals surface area (Å²) >= 11 is 0. The maximum absolute atomic E-state index is 12.8. The molecule has 0 aromatic carbocycles. The Balaban J connectivity index is 1.39. The highest BCUT2D eigenvalue weighted by Gasteiger charge is 2.34. The van der Waals surface area contributed by atoms with E-state index < -0.39 is 10.0 Å². The Hall–Kier alpha value is -0.660. The molecule has 2 saturated heterocycles. The van der Waals surface area contributed by atoms with Gasteiger partial charge in [-0.05, 0) is 57.4 Å². The highest BCUT2D eigenvalue weighted by atomic mass is 32.2. The maximum Gasteiger partial charge on any atom is 0.225 e. The zero-order valence-corrected chi connectivity index (χ0v) is 17.0. The molecule has 1 saturated carbocycles. The van der Waals surface area contributed by atoms with Crippen molar-refractivity contribution >= 4 is 15.9 Å². The Morgan fingerprint density at radius 3 is 2.23 bits per heavy atom. The quantitative estimate of drug-likeness (QED) is 0.692. The van der Waals surface area contributed by atoms with Gasteiger partial charge in [-0.15, -0.1) is 0 Å². The molecule has 2 heterocycles. The number of nitrogens with zero attached hydrogens (tertiary/aromatic N) is 2. The number of amides is 1. The van der Waals surface area contributed by atoms with Crippen LogP contribution in [-0.4, -0.2) is 68.0 Å². The second-order valence-electron chi connectivity index (χ2n) is 8.29. The second kappa shape index (κ2) is 9.02. The number of nitrogens with one attached hydrogen (secondary N) is 1. The lowest BCUT2D eigenvalue weighted by molar-refractivity contribution is -0.137. The van der Waals surface area contributed by atoms with E-state index in [0.29, 0.717) is 38.4 Å². The third kappa shape index (κ3) is 5.42. The highest BCUT2D eigenvalue weighted by Crippen LogP contribution is 2.28. The third-order valence-corrected chi connectivity index (χ3v) is 8.11. The van der Waals surface area contributed by atoms with Gasteiger partial charge in [0.05, 0.1) is 5.75 Å². The summed E-state index contributed by atoms with van der Waals surface area (Å²) in [6.45, 7) is 5.84. The molecule has 1 aliphatic carbocycles. The Labute approximate surface area is 158 Å². The van der Waals surface area contributed by atoms with Gasteiger partial charge < -0.3 is 10.2 Å². The lowest BCUT2D eigenvalue weighted by Gasteiger charge is -2.37. The van der Waals surface area contributed by atoms with Gasteiger partial charge in [-0.25, -0.2) is 12.7 Å². The number of rotatable bonds is 8. The molecule has 3 aliphatic rings. The van der Waals surface area contributed by atoms with Crippen molar-refractivity contribution in [3.63, 3.8) is 0 Å². The summed E-state index contributed by atoms with van der Waals surface area (Å²) in [6, 6.07) is 0.560. The number of hydrogen-bond donors (Lipinski definition) is 1. The predicted molar refractivity (Wildman–Crippen MR) is 103 cm³/mol. The summed E-state index contributed by atoms with van der Waals surface area (Å²) in [5, 5.41) is 3.65. The summed E-state index contributed by atoms with van der Waals surface area (Å²) in [5.41, 5.74) is 0. The zero-order valence-electron chi connectivity index (χ0n) is 16.2. The topological polar surface area (TPSA) is 69.7 Å². The molecule has 7 heteroatoms. The van der Waals surface area contributed by atoms with E-state index in [1.807, 2.05) is 11.8 Å². The molecule has 3 rings (SSSR count). The van der Waals surface area contributed by atoms with Gasteiger partial charge in [-0.3, -0.25) is 4.79 Å². The fourth-order valence-electron chi connectivity index (χ4n) is 4.05. The standard InChI is InChI=1S/C19H35N3O3S/c1-2-3-14-26(24,25)22-12-6-17(7-13-22)19(23)21-10-8-18(9-11-21)20-15-16-4-5-16/h16-18,20H,2-15H2,1H3. The van der Waals surface area contributed by atoms with E-state index >= 15 is 0 Å². The van der Waals surface area contributed by atoms with Gasteiger partial charge in [0.25, 0.3) is 0 Å². The molecule has 26 heavy (non-hydrogen) atoms. The Morgan fingerprint density at radius 1 is 1.00 bits per heavy atom. The average Bonchev–Trinajstić information content (AvgIpc) is 3.49. The first kappa shape index (κ1) is 20.1. The van der Waals surface area contributed by atoms with Gasteiger partial charge in [0.15, 0.2) is 0 Å². The smallest absolute Gasteiger partial charge is 0.225 e. The first-order valence-electron chi connectivity index (χ1n) is 10.5. The summed E-state index contributed by atoms with van der Waals surface area (Å²) in [5.74, 6) is 1.39. The monoisotopic (exact) mass is 385 g/mol. The summed E-state index contributed by atoms with van der Waals surface area (Å²) < 4.78 is 26.2. The molecule has 2 aliphatic heterocycles. The van der Waals surface area contributed by atoms with Crippen LogP contribution in [0, 0.1) is 11.8 Å². The van der Waals surface area contributed by atoms with Crippen molar-refractivity contribution < 1.29 is 13.2 Å². The van der Waals surface area contributed by atoms with Crippen LogP contribution in [0.25, 0.3) is 0 Å². The van der Waals surface area contributed by atoms with Crippen LogP contribution in [0.5, 0.6) is 0 Å². The molecular weight excluding hydrogens is 350 g/mol. The summed E-state index contributed by atoms with van der Waals surface area (Å²) in [7, 11) is -3.13. The van der Waals surface area contributed by atoms with Gasteiger partial charge in [-0.1, -0.05) is 13.3 Å². The Kier molecular flexibility index (Phi) is 6.97. The molecule has 3 fully saturated rings. The largest absolute Gasteiger partial charge is 0.342 e. The maximum atomic E-state index is 12.8. The molecular formula is C19H35N3O3S. The van der Waals surface area contributed by atoms with Crippen LogP contribution in [0.15, 0.2) is 0 Å². The highest BCUT2D eigenvalue weighted by molar-refractivity contribution is 7.89. The fraction of sp³-hybridized carbons (Fsp3) is 0.947. The van der Waals surface area contributed by atoms with E-state index in [0.717, 1.165) is 44.8 Å². The second-order valence-corrected chi connectivity index (χ2v) is 10.4. The number of carbonyl (C=O) groups is 1. The summed E-state index contributed by atoms with van der Waals surface area (Å²) in [4.78, 5) is 14.8. The number of carbonyl (C=O) groups excluding carboxylic acids is 1. The van der Waals surface area contributed by atoms with Crippen LogP contribution in [-0.2, 0) is 14.8 Å². The zero-order chi connectivity index (χ0) is 18.6. The van der Waals surface area contributed by atoms with Crippen molar-refractivity contribution in [3.8, 4) is 0 Å². The number of unbranched alkanes of at least 4 members (excludes halogenated alkanes) is 1. The van der Waals surface area contributed by atoms with E-state index in [1.54, 1.807) is 4.31 Å². The van der Waals surface area contributed by atoms with Crippen LogP contribution in [0.3, 0.4) is 0 Å². The minimum Gasteiger partial charge on any atom is -0.342 e. The average molecular weight is 386 g/mol. The van der Waals surface area contributed by atoms with Crippen molar-refractivity contribution in [1.29, 1.82) is 0 Å². The van der Waals surface area contributed by atoms with Gasteiger partial charge >= 0.3 is 0 Å². The van der Waals surface area contributed by atoms with Gasteiger partial charge in [-0.2, -0.15) is 0 Å². The number of hydrogen-bond acceptors (Lipinski definition) is 4. The molecule has 0 bridgehead atoms. The van der Waals surface area contributed by atoms with E-state index in [9.17, 15) is 13.2 Å². The van der Waals surface area contributed by atoms with Crippen molar-refractivity contribution in [1.82, 2.24) is 14.5 Å². The first-order chi connectivity index (χ1) is 12.5. The van der Waals surface area contributed by atoms with Gasteiger partial charge in [0, 0.05) is 38.1 Å².